The largest absolute Gasteiger partial charge is 0.372 e. The molecule has 1 aromatic carbocycles. The van der Waals surface area contributed by atoms with E-state index in [1.54, 1.807) is 0 Å². The minimum atomic E-state index is -0.223. The summed E-state index contributed by atoms with van der Waals surface area (Å²) in [7, 11) is 0. The van der Waals surface area contributed by atoms with Crippen LogP contribution in [0.4, 0.5) is 5.69 Å². The van der Waals surface area contributed by atoms with Gasteiger partial charge in [0.05, 0.1) is 0 Å². The van der Waals surface area contributed by atoms with Crippen LogP contribution in [0.1, 0.15) is 19.8 Å². The second-order valence-electron chi connectivity index (χ2n) is 3.49. The van der Waals surface area contributed by atoms with Crippen molar-refractivity contribution in [1.29, 1.82) is 0 Å². The lowest BCUT2D eigenvalue weighted by atomic mass is 10.2. The third kappa shape index (κ3) is 4.02. The number of nitrogens with two attached hydrogens (primary N) is 1. The fraction of sp³-hybridized carbons (Fsp3) is 0.417. The fourth-order valence-electron chi connectivity index (χ4n) is 1.55. The summed E-state index contributed by atoms with van der Waals surface area (Å²) in [6.45, 7) is 3.93. The normalized spacial score (nSPS) is 9.93. The Hall–Kier alpha value is -1.51. The van der Waals surface area contributed by atoms with Crippen molar-refractivity contribution in [3.05, 3.63) is 30.3 Å². The number of para-hydroxylation sites is 1. The molecule has 15 heavy (non-hydrogen) atoms. The summed E-state index contributed by atoms with van der Waals surface area (Å²) in [6, 6.07) is 10.2. The van der Waals surface area contributed by atoms with Crippen LogP contribution in [0, 0.1) is 0 Å². The van der Waals surface area contributed by atoms with Crippen LogP contribution >= 0.6 is 0 Å². The molecule has 0 saturated carbocycles. The van der Waals surface area contributed by atoms with Crippen LogP contribution in [0.5, 0.6) is 0 Å². The highest BCUT2D eigenvalue weighted by Gasteiger charge is 2.03. The summed E-state index contributed by atoms with van der Waals surface area (Å²) >= 11 is 0. The van der Waals surface area contributed by atoms with Gasteiger partial charge in [-0.1, -0.05) is 18.2 Å². The van der Waals surface area contributed by atoms with Gasteiger partial charge >= 0.3 is 0 Å². The third-order valence-corrected chi connectivity index (χ3v) is 2.35. The molecule has 1 amide bonds. The van der Waals surface area contributed by atoms with Crippen LogP contribution in [-0.2, 0) is 4.79 Å². The Morgan fingerprint density at radius 1 is 1.33 bits per heavy atom. The molecule has 0 radical (unpaired) electrons. The summed E-state index contributed by atoms with van der Waals surface area (Å²) in [5.74, 6) is -0.223. The topological polar surface area (TPSA) is 46.3 Å². The smallest absolute Gasteiger partial charge is 0.217 e. The van der Waals surface area contributed by atoms with Crippen molar-refractivity contribution in [2.75, 3.05) is 18.0 Å². The maximum absolute atomic E-state index is 10.6. The lowest BCUT2D eigenvalue weighted by molar-refractivity contribution is -0.118. The Morgan fingerprint density at radius 3 is 2.53 bits per heavy atom. The van der Waals surface area contributed by atoms with Crippen LogP contribution < -0.4 is 10.6 Å². The zero-order valence-electron chi connectivity index (χ0n) is 9.15. The van der Waals surface area contributed by atoms with Crippen molar-refractivity contribution in [1.82, 2.24) is 0 Å². The lowest BCUT2D eigenvalue weighted by Gasteiger charge is -2.22. The molecule has 3 heteroatoms. The maximum Gasteiger partial charge on any atom is 0.217 e. The van der Waals surface area contributed by atoms with E-state index in [0.29, 0.717) is 6.42 Å². The van der Waals surface area contributed by atoms with Gasteiger partial charge in [0.2, 0.25) is 5.91 Å². The Morgan fingerprint density at radius 2 is 2.00 bits per heavy atom. The van der Waals surface area contributed by atoms with Gasteiger partial charge in [0.25, 0.3) is 0 Å². The van der Waals surface area contributed by atoms with Gasteiger partial charge in [0.15, 0.2) is 0 Å². The van der Waals surface area contributed by atoms with Crippen molar-refractivity contribution >= 4 is 11.6 Å². The van der Waals surface area contributed by atoms with E-state index >= 15 is 0 Å². The molecule has 1 aromatic rings. The first-order chi connectivity index (χ1) is 7.24. The SMILES string of the molecule is CCN(CCCC(N)=O)c1ccccc1. The minimum absolute atomic E-state index is 0.223. The summed E-state index contributed by atoms with van der Waals surface area (Å²) in [5.41, 5.74) is 6.30. The van der Waals surface area contributed by atoms with Crippen LogP contribution in [-0.4, -0.2) is 19.0 Å². The molecular weight excluding hydrogens is 188 g/mol. The molecule has 0 unspecified atom stereocenters. The van der Waals surface area contributed by atoms with Crippen LogP contribution in [0.15, 0.2) is 30.3 Å². The maximum atomic E-state index is 10.6. The fourth-order valence-corrected chi connectivity index (χ4v) is 1.55. The quantitative estimate of drug-likeness (QED) is 0.771. The first-order valence-electron chi connectivity index (χ1n) is 5.32. The van der Waals surface area contributed by atoms with Gasteiger partial charge < -0.3 is 10.6 Å². The predicted molar refractivity (Wildman–Crippen MR) is 62.8 cm³/mol. The minimum Gasteiger partial charge on any atom is -0.372 e. The number of carbonyl (C=O) groups is 1. The first kappa shape index (κ1) is 11.6. The summed E-state index contributed by atoms with van der Waals surface area (Å²) in [5, 5.41) is 0. The Kier molecular flexibility index (Phi) is 4.68. The Balaban J connectivity index is 2.46. The van der Waals surface area contributed by atoms with E-state index in [2.05, 4.69) is 24.0 Å². The lowest BCUT2D eigenvalue weighted by Crippen LogP contribution is -2.25. The number of nitrogens with zero attached hydrogens (tertiary/aromatic N) is 1. The number of hydrogen-bond donors (Lipinski definition) is 1. The molecule has 0 fully saturated rings. The number of benzene rings is 1. The summed E-state index contributed by atoms with van der Waals surface area (Å²) < 4.78 is 0. The molecule has 82 valence electrons. The van der Waals surface area contributed by atoms with Gasteiger partial charge in [-0.3, -0.25) is 4.79 Å². The van der Waals surface area contributed by atoms with Crippen molar-refractivity contribution in [3.63, 3.8) is 0 Å². The van der Waals surface area contributed by atoms with Gasteiger partial charge in [0.1, 0.15) is 0 Å². The molecule has 0 aliphatic rings. The van der Waals surface area contributed by atoms with Crippen LogP contribution in [0.2, 0.25) is 0 Å². The molecule has 0 aromatic heterocycles. The second kappa shape index (κ2) is 6.06. The number of rotatable bonds is 6. The number of hydrogen-bond acceptors (Lipinski definition) is 2. The van der Waals surface area contributed by atoms with Crippen molar-refractivity contribution in [2.45, 2.75) is 19.8 Å². The second-order valence-corrected chi connectivity index (χ2v) is 3.49. The van der Waals surface area contributed by atoms with E-state index in [-0.39, 0.29) is 5.91 Å². The monoisotopic (exact) mass is 206 g/mol. The van der Waals surface area contributed by atoms with Gasteiger partial charge in [-0.25, -0.2) is 0 Å². The van der Waals surface area contributed by atoms with Gasteiger partial charge in [-0.15, -0.1) is 0 Å². The molecule has 2 N–H and O–H groups in total. The van der Waals surface area contributed by atoms with Gasteiger partial charge in [-0.2, -0.15) is 0 Å². The number of anilines is 1. The Bertz CT molecular complexity index is 298. The van der Waals surface area contributed by atoms with Gasteiger partial charge in [-0.05, 0) is 25.5 Å². The van der Waals surface area contributed by atoms with E-state index in [0.717, 1.165) is 19.5 Å². The van der Waals surface area contributed by atoms with Crippen molar-refractivity contribution < 1.29 is 4.79 Å². The van der Waals surface area contributed by atoms with E-state index in [9.17, 15) is 4.79 Å². The molecule has 0 aliphatic carbocycles. The first-order valence-corrected chi connectivity index (χ1v) is 5.32. The summed E-state index contributed by atoms with van der Waals surface area (Å²) in [4.78, 5) is 12.8. The van der Waals surface area contributed by atoms with Crippen LogP contribution in [0.3, 0.4) is 0 Å². The summed E-state index contributed by atoms with van der Waals surface area (Å²) in [6.07, 6.45) is 1.28. The van der Waals surface area contributed by atoms with E-state index in [4.69, 9.17) is 5.73 Å². The highest BCUT2D eigenvalue weighted by Crippen LogP contribution is 2.13. The molecule has 0 spiro atoms. The average Bonchev–Trinajstić information content (AvgIpc) is 2.25. The molecule has 0 bridgehead atoms. The molecule has 0 heterocycles. The molecule has 3 nitrogen and oxygen atoms in total. The zero-order chi connectivity index (χ0) is 11.1. The molecular formula is C12H18N2O. The predicted octanol–water partition coefficient (Wildman–Crippen LogP) is 1.78. The van der Waals surface area contributed by atoms with E-state index in [1.165, 1.54) is 5.69 Å². The average molecular weight is 206 g/mol. The molecule has 1 rings (SSSR count). The molecule has 0 saturated heterocycles. The standard InChI is InChI=1S/C12H18N2O/c1-2-14(10-6-9-12(13)15)11-7-4-3-5-8-11/h3-5,7-8H,2,6,9-10H2,1H3,(H2,13,15). The highest BCUT2D eigenvalue weighted by atomic mass is 16.1. The number of carbonyl (C=O) groups excluding carboxylic acids is 1. The van der Waals surface area contributed by atoms with Crippen molar-refractivity contribution in [3.8, 4) is 0 Å². The molecule has 0 atom stereocenters. The van der Waals surface area contributed by atoms with Crippen molar-refractivity contribution in [2.24, 2.45) is 5.73 Å². The number of amides is 1. The highest BCUT2D eigenvalue weighted by molar-refractivity contribution is 5.73. The number of primary amides is 1. The van der Waals surface area contributed by atoms with Crippen LogP contribution in [0.25, 0.3) is 0 Å². The van der Waals surface area contributed by atoms with Gasteiger partial charge in [0, 0.05) is 25.2 Å². The zero-order valence-corrected chi connectivity index (χ0v) is 9.15. The Labute approximate surface area is 90.9 Å². The third-order valence-electron chi connectivity index (χ3n) is 2.35. The van der Waals surface area contributed by atoms with E-state index in [1.807, 2.05) is 18.2 Å². The van der Waals surface area contributed by atoms with E-state index < -0.39 is 0 Å². The molecule has 0 aliphatic heterocycles.